The van der Waals surface area contributed by atoms with Crippen LogP contribution in [0.5, 0.6) is 0 Å². The maximum Gasteiger partial charge on any atom is 0.312 e. The smallest absolute Gasteiger partial charge is 0.312 e. The molecule has 3 aliphatic carbocycles. The molecule has 0 heterocycles. The zero-order valence-electron chi connectivity index (χ0n) is 17.3. The third-order valence-electron chi connectivity index (χ3n) is 8.19. The first-order valence-corrected chi connectivity index (χ1v) is 10.1. The molecule has 2 bridgehead atoms. The predicted molar refractivity (Wildman–Crippen MR) is 101 cm³/mol. The largest absolute Gasteiger partial charge is 0.469 e. The van der Waals surface area contributed by atoms with E-state index in [1.54, 1.807) is 6.92 Å². The highest BCUT2D eigenvalue weighted by Crippen LogP contribution is 2.67. The summed E-state index contributed by atoms with van der Waals surface area (Å²) < 4.78 is 25.6. The van der Waals surface area contributed by atoms with Crippen LogP contribution in [0.25, 0.3) is 0 Å². The lowest BCUT2D eigenvalue weighted by Crippen LogP contribution is -2.59. The van der Waals surface area contributed by atoms with E-state index in [0.29, 0.717) is 37.7 Å². The van der Waals surface area contributed by atoms with Crippen LogP contribution in [-0.4, -0.2) is 38.6 Å². The fourth-order valence-corrected chi connectivity index (χ4v) is 6.92. The van der Waals surface area contributed by atoms with Gasteiger partial charge < -0.3 is 14.3 Å². The van der Waals surface area contributed by atoms with Crippen molar-refractivity contribution >= 4 is 18.2 Å². The van der Waals surface area contributed by atoms with Crippen LogP contribution in [0.3, 0.4) is 0 Å². The first-order valence-electron chi connectivity index (χ1n) is 10.1. The van der Waals surface area contributed by atoms with Crippen LogP contribution < -0.4 is 0 Å². The van der Waals surface area contributed by atoms with Crippen molar-refractivity contribution in [3.63, 3.8) is 0 Å². The molecule has 0 saturated heterocycles. The lowest BCUT2D eigenvalue weighted by Gasteiger charge is -2.56. The van der Waals surface area contributed by atoms with Crippen LogP contribution in [0.2, 0.25) is 0 Å². The van der Waals surface area contributed by atoms with Gasteiger partial charge in [0.2, 0.25) is 0 Å². The van der Waals surface area contributed by atoms with Crippen molar-refractivity contribution < 1.29 is 28.2 Å². The molecular formula is C22H31FO5. The van der Waals surface area contributed by atoms with Gasteiger partial charge in [0, 0.05) is 0 Å². The third-order valence-corrected chi connectivity index (χ3v) is 8.19. The highest BCUT2D eigenvalue weighted by Gasteiger charge is 2.67. The summed E-state index contributed by atoms with van der Waals surface area (Å²) in [4.78, 5) is 38.0. The Balaban J connectivity index is 2.14. The highest BCUT2D eigenvalue weighted by atomic mass is 19.1. The zero-order chi connectivity index (χ0) is 20.9. The second-order valence-electron chi connectivity index (χ2n) is 9.42. The van der Waals surface area contributed by atoms with Crippen molar-refractivity contribution in [1.82, 2.24) is 0 Å². The van der Waals surface area contributed by atoms with Crippen molar-refractivity contribution in [3.8, 4) is 0 Å². The standard InChI is InChI=1S/C22H31FO5/c1-13-14-7-8-15(22(11-14,12-24)17(13)23)20(2)9-6-10-21(3,19(26)28-5)16(20)18(25)27-4/h12,14-17H,1,6-11H2,2-5H3. The molecule has 3 saturated carbocycles. The van der Waals surface area contributed by atoms with Gasteiger partial charge in [0.15, 0.2) is 0 Å². The van der Waals surface area contributed by atoms with Crippen LogP contribution in [0.1, 0.15) is 52.4 Å². The number of rotatable bonds is 4. The van der Waals surface area contributed by atoms with E-state index in [0.717, 1.165) is 12.7 Å². The normalized spacial score (nSPS) is 45.4. The van der Waals surface area contributed by atoms with Crippen LogP contribution in [-0.2, 0) is 23.9 Å². The number of halogens is 1. The monoisotopic (exact) mass is 394 g/mol. The molecule has 7 unspecified atom stereocenters. The molecule has 0 N–H and O–H groups in total. The summed E-state index contributed by atoms with van der Waals surface area (Å²) >= 11 is 0. The van der Waals surface area contributed by atoms with Gasteiger partial charge in [-0.2, -0.15) is 0 Å². The summed E-state index contributed by atoms with van der Waals surface area (Å²) in [5, 5.41) is 0. The first-order chi connectivity index (χ1) is 13.1. The van der Waals surface area contributed by atoms with E-state index in [1.807, 2.05) is 6.92 Å². The van der Waals surface area contributed by atoms with Crippen molar-refractivity contribution in [2.75, 3.05) is 14.2 Å². The quantitative estimate of drug-likeness (QED) is 0.413. The molecule has 7 atom stereocenters. The van der Waals surface area contributed by atoms with E-state index in [-0.39, 0.29) is 11.8 Å². The maximum atomic E-state index is 15.4. The predicted octanol–water partition coefficient (Wildman–Crippen LogP) is 3.65. The van der Waals surface area contributed by atoms with Gasteiger partial charge in [0.1, 0.15) is 12.5 Å². The summed E-state index contributed by atoms with van der Waals surface area (Å²) in [6.45, 7) is 7.58. The summed E-state index contributed by atoms with van der Waals surface area (Å²) in [6, 6.07) is 0. The number of methoxy groups -OCH3 is 2. The number of hydrogen-bond donors (Lipinski definition) is 0. The zero-order valence-corrected chi connectivity index (χ0v) is 17.3. The molecule has 0 aliphatic heterocycles. The number of carbonyl (C=O) groups is 3. The first kappa shape index (κ1) is 21.0. The van der Waals surface area contributed by atoms with E-state index >= 15 is 4.39 Å². The van der Waals surface area contributed by atoms with Crippen molar-refractivity contribution in [1.29, 1.82) is 0 Å². The summed E-state index contributed by atoms with van der Waals surface area (Å²) in [7, 11) is 2.61. The Morgan fingerprint density at radius 3 is 2.43 bits per heavy atom. The summed E-state index contributed by atoms with van der Waals surface area (Å²) in [6.07, 6.45) is 2.97. The minimum absolute atomic E-state index is 0.00667. The van der Waals surface area contributed by atoms with E-state index < -0.39 is 40.3 Å². The number of allylic oxidation sites excluding steroid dienone is 1. The number of ether oxygens (including phenoxy) is 2. The number of carbonyl (C=O) groups excluding carboxylic acids is 3. The van der Waals surface area contributed by atoms with Crippen molar-refractivity contribution in [3.05, 3.63) is 12.2 Å². The average Bonchev–Trinajstić information content (AvgIpc) is 2.88. The van der Waals surface area contributed by atoms with Gasteiger partial charge in [-0.1, -0.05) is 19.9 Å². The fraction of sp³-hybridized carbons (Fsp3) is 0.773. The SMILES string of the molecule is C=C1C2CCC(C3(C)CCCC(C)(C(=O)OC)C3C(=O)OC)C(C=O)(C2)C1F. The van der Waals surface area contributed by atoms with Crippen molar-refractivity contribution in [2.45, 2.75) is 58.5 Å². The van der Waals surface area contributed by atoms with Gasteiger partial charge >= 0.3 is 11.9 Å². The maximum absolute atomic E-state index is 15.4. The molecular weight excluding hydrogens is 363 g/mol. The minimum atomic E-state index is -1.41. The van der Waals surface area contributed by atoms with Crippen LogP contribution in [0.15, 0.2) is 12.2 Å². The van der Waals surface area contributed by atoms with Crippen LogP contribution >= 0.6 is 0 Å². The number of fused-ring (bicyclic) bond motifs is 2. The Morgan fingerprint density at radius 2 is 1.86 bits per heavy atom. The van der Waals surface area contributed by atoms with Gasteiger partial charge in [-0.15, -0.1) is 0 Å². The van der Waals surface area contributed by atoms with E-state index in [1.165, 1.54) is 14.2 Å². The topological polar surface area (TPSA) is 69.7 Å². The van der Waals surface area contributed by atoms with E-state index in [2.05, 4.69) is 6.58 Å². The Kier molecular flexibility index (Phi) is 5.22. The molecule has 0 spiro atoms. The molecule has 3 fully saturated rings. The molecule has 0 aromatic carbocycles. The van der Waals surface area contributed by atoms with Gasteiger partial charge in [0.25, 0.3) is 0 Å². The molecule has 28 heavy (non-hydrogen) atoms. The second kappa shape index (κ2) is 6.96. The molecule has 156 valence electrons. The molecule has 6 heteroatoms. The Morgan fingerprint density at radius 1 is 1.18 bits per heavy atom. The number of alkyl halides is 1. The molecule has 0 aromatic rings. The molecule has 3 aliphatic rings. The Hall–Kier alpha value is -1.72. The molecule has 0 radical (unpaired) electrons. The average molecular weight is 394 g/mol. The molecule has 0 aromatic heterocycles. The summed E-state index contributed by atoms with van der Waals surface area (Å²) in [5.41, 5.74) is -2.51. The molecule has 5 nitrogen and oxygen atoms in total. The second-order valence-corrected chi connectivity index (χ2v) is 9.42. The van der Waals surface area contributed by atoms with Crippen LogP contribution in [0.4, 0.5) is 4.39 Å². The van der Waals surface area contributed by atoms with Crippen molar-refractivity contribution in [2.24, 2.45) is 34.0 Å². The molecule has 3 rings (SSSR count). The summed E-state index contributed by atoms with van der Waals surface area (Å²) in [5.74, 6) is -2.12. The highest BCUT2D eigenvalue weighted by molar-refractivity contribution is 5.86. The third kappa shape index (κ3) is 2.59. The van der Waals surface area contributed by atoms with E-state index in [9.17, 15) is 14.4 Å². The number of hydrogen-bond acceptors (Lipinski definition) is 5. The lowest BCUT2D eigenvalue weighted by molar-refractivity contribution is -0.188. The minimum Gasteiger partial charge on any atom is -0.469 e. The van der Waals surface area contributed by atoms with Gasteiger partial charge in [0.05, 0.1) is 31.0 Å². The lowest BCUT2D eigenvalue weighted by atomic mass is 9.46. The Labute approximate surface area is 166 Å². The van der Waals surface area contributed by atoms with Gasteiger partial charge in [-0.3, -0.25) is 9.59 Å². The number of esters is 2. The Bertz CT molecular complexity index is 705. The number of aldehydes is 1. The van der Waals surface area contributed by atoms with E-state index in [4.69, 9.17) is 9.47 Å². The fourth-order valence-electron chi connectivity index (χ4n) is 6.92. The van der Waals surface area contributed by atoms with Gasteiger partial charge in [-0.05, 0) is 61.9 Å². The van der Waals surface area contributed by atoms with Crippen LogP contribution in [0, 0.1) is 34.0 Å². The molecule has 0 amide bonds. The van der Waals surface area contributed by atoms with Gasteiger partial charge in [-0.25, -0.2) is 4.39 Å².